The maximum atomic E-state index is 12.2. The van der Waals surface area contributed by atoms with Crippen molar-refractivity contribution in [1.82, 2.24) is 15.1 Å². The highest BCUT2D eigenvalue weighted by Crippen LogP contribution is 2.27. The lowest BCUT2D eigenvalue weighted by atomic mass is 10.2. The molecule has 1 saturated heterocycles. The summed E-state index contributed by atoms with van der Waals surface area (Å²) in [6.07, 6.45) is 3.74. The number of rotatable bonds is 7. The smallest absolute Gasteiger partial charge is 0.236 e. The molecule has 0 aromatic heterocycles. The van der Waals surface area contributed by atoms with E-state index in [4.69, 9.17) is 0 Å². The van der Waals surface area contributed by atoms with Crippen LogP contribution in [0.5, 0.6) is 0 Å². The fourth-order valence-electron chi connectivity index (χ4n) is 3.15. The Morgan fingerprint density at radius 2 is 2.05 bits per heavy atom. The van der Waals surface area contributed by atoms with Crippen molar-refractivity contribution in [2.45, 2.75) is 31.8 Å². The second-order valence-electron chi connectivity index (χ2n) is 6.74. The van der Waals surface area contributed by atoms with Crippen LogP contribution in [0.4, 0.5) is 0 Å². The number of nitrogens with one attached hydrogen (secondary N) is 1. The van der Waals surface area contributed by atoms with Crippen molar-refractivity contribution < 1.29 is 4.79 Å². The summed E-state index contributed by atoms with van der Waals surface area (Å²) >= 11 is 0. The molecule has 1 saturated carbocycles. The van der Waals surface area contributed by atoms with Gasteiger partial charge in [-0.05, 0) is 37.3 Å². The molecule has 1 aromatic carbocycles. The number of carbonyl (C=O) groups is 1. The van der Waals surface area contributed by atoms with Crippen molar-refractivity contribution in [2.24, 2.45) is 5.92 Å². The number of benzene rings is 1. The van der Waals surface area contributed by atoms with E-state index in [9.17, 15) is 4.79 Å². The van der Waals surface area contributed by atoms with Gasteiger partial charge in [-0.15, -0.1) is 0 Å². The van der Waals surface area contributed by atoms with Gasteiger partial charge >= 0.3 is 0 Å². The van der Waals surface area contributed by atoms with Gasteiger partial charge in [0, 0.05) is 32.7 Å². The molecule has 1 atom stereocenters. The van der Waals surface area contributed by atoms with Crippen LogP contribution in [0.25, 0.3) is 0 Å². The fourth-order valence-corrected chi connectivity index (χ4v) is 3.15. The van der Waals surface area contributed by atoms with Crippen LogP contribution >= 0.6 is 0 Å². The van der Waals surface area contributed by atoms with Gasteiger partial charge in [-0.3, -0.25) is 9.69 Å². The molecule has 0 bridgehead atoms. The third kappa shape index (κ3) is 4.31. The molecule has 4 heteroatoms. The van der Waals surface area contributed by atoms with Gasteiger partial charge in [0.25, 0.3) is 0 Å². The molecule has 1 heterocycles. The summed E-state index contributed by atoms with van der Waals surface area (Å²) in [5, 5.41) is 3.30. The minimum atomic E-state index is 0.229. The number of carbonyl (C=O) groups excluding carboxylic acids is 1. The molecule has 1 N–H and O–H groups in total. The van der Waals surface area contributed by atoms with Gasteiger partial charge in [0.05, 0.1) is 6.54 Å². The minimum Gasteiger partial charge on any atom is -0.340 e. The number of likely N-dealkylation sites (tertiary alicyclic amines) is 1. The summed E-state index contributed by atoms with van der Waals surface area (Å²) < 4.78 is 0. The summed E-state index contributed by atoms with van der Waals surface area (Å²) in [7, 11) is 1.96. The zero-order valence-corrected chi connectivity index (χ0v) is 13.5. The van der Waals surface area contributed by atoms with Crippen molar-refractivity contribution in [3.8, 4) is 0 Å². The zero-order valence-electron chi connectivity index (χ0n) is 13.5. The van der Waals surface area contributed by atoms with E-state index in [1.165, 1.54) is 18.4 Å². The van der Waals surface area contributed by atoms with Gasteiger partial charge in [0.1, 0.15) is 0 Å². The zero-order chi connectivity index (χ0) is 15.4. The molecule has 120 valence electrons. The second kappa shape index (κ2) is 7.25. The Kier molecular flexibility index (Phi) is 5.11. The first kappa shape index (κ1) is 15.5. The number of amides is 1. The molecule has 3 rings (SSSR count). The average Bonchev–Trinajstić information content (AvgIpc) is 3.24. The lowest BCUT2D eigenvalue weighted by molar-refractivity contribution is -0.130. The molecule has 1 unspecified atom stereocenters. The van der Waals surface area contributed by atoms with E-state index in [1.54, 1.807) is 0 Å². The third-order valence-corrected chi connectivity index (χ3v) is 4.84. The van der Waals surface area contributed by atoms with Gasteiger partial charge in [-0.1, -0.05) is 30.3 Å². The molecule has 0 spiro atoms. The first-order chi connectivity index (χ1) is 10.7. The first-order valence-electron chi connectivity index (χ1n) is 8.45. The molecule has 22 heavy (non-hydrogen) atoms. The van der Waals surface area contributed by atoms with Crippen LogP contribution in [-0.2, 0) is 11.3 Å². The van der Waals surface area contributed by atoms with Gasteiger partial charge in [-0.2, -0.15) is 0 Å². The van der Waals surface area contributed by atoms with Crippen molar-refractivity contribution >= 4 is 5.91 Å². The van der Waals surface area contributed by atoms with Crippen LogP contribution in [-0.4, -0.2) is 55.0 Å². The Bertz CT molecular complexity index is 486. The molecule has 1 aromatic rings. The lowest BCUT2D eigenvalue weighted by Crippen LogP contribution is -2.43. The largest absolute Gasteiger partial charge is 0.340 e. The number of hydrogen-bond donors (Lipinski definition) is 1. The third-order valence-electron chi connectivity index (χ3n) is 4.84. The monoisotopic (exact) mass is 301 g/mol. The van der Waals surface area contributed by atoms with Crippen molar-refractivity contribution in [1.29, 1.82) is 0 Å². The quantitative estimate of drug-likeness (QED) is 0.833. The maximum Gasteiger partial charge on any atom is 0.236 e. The second-order valence-corrected chi connectivity index (χ2v) is 6.74. The first-order valence-corrected chi connectivity index (χ1v) is 8.45. The van der Waals surface area contributed by atoms with Crippen LogP contribution < -0.4 is 5.32 Å². The summed E-state index contributed by atoms with van der Waals surface area (Å²) in [5.41, 5.74) is 1.35. The van der Waals surface area contributed by atoms with Crippen molar-refractivity contribution in [3.05, 3.63) is 35.9 Å². The fraction of sp³-hybridized carbons (Fsp3) is 0.611. The Morgan fingerprint density at radius 1 is 1.27 bits per heavy atom. The van der Waals surface area contributed by atoms with Gasteiger partial charge in [0.15, 0.2) is 0 Å². The van der Waals surface area contributed by atoms with Gasteiger partial charge in [-0.25, -0.2) is 0 Å². The Morgan fingerprint density at radius 3 is 2.77 bits per heavy atom. The van der Waals surface area contributed by atoms with E-state index in [-0.39, 0.29) is 5.91 Å². The predicted octanol–water partition coefficient (Wildman–Crippen LogP) is 1.72. The predicted molar refractivity (Wildman–Crippen MR) is 88.5 cm³/mol. The van der Waals surface area contributed by atoms with Crippen molar-refractivity contribution in [2.75, 3.05) is 33.2 Å². The van der Waals surface area contributed by atoms with Crippen LogP contribution in [0, 0.1) is 5.92 Å². The normalized spacial score (nSPS) is 22.0. The van der Waals surface area contributed by atoms with E-state index in [2.05, 4.69) is 40.5 Å². The SMILES string of the molecule is CN(C(=O)CNCC1CC1)C1CCN(Cc2ccccc2)C1. The average molecular weight is 301 g/mol. The highest BCUT2D eigenvalue weighted by atomic mass is 16.2. The minimum absolute atomic E-state index is 0.229. The maximum absolute atomic E-state index is 12.2. The summed E-state index contributed by atoms with van der Waals surface area (Å²) in [6, 6.07) is 10.9. The summed E-state index contributed by atoms with van der Waals surface area (Å²) in [5.74, 6) is 1.05. The molecule has 4 nitrogen and oxygen atoms in total. The summed E-state index contributed by atoms with van der Waals surface area (Å²) in [6.45, 7) is 4.54. The van der Waals surface area contributed by atoms with Crippen LogP contribution in [0.3, 0.4) is 0 Å². The van der Waals surface area contributed by atoms with Crippen LogP contribution in [0.15, 0.2) is 30.3 Å². The highest BCUT2D eigenvalue weighted by Gasteiger charge is 2.28. The Balaban J connectivity index is 1.41. The van der Waals surface area contributed by atoms with Crippen LogP contribution in [0.2, 0.25) is 0 Å². The molecule has 1 amide bonds. The van der Waals surface area contributed by atoms with E-state index in [0.29, 0.717) is 12.6 Å². The van der Waals surface area contributed by atoms with Gasteiger partial charge in [0.2, 0.25) is 5.91 Å². The van der Waals surface area contributed by atoms with E-state index in [0.717, 1.165) is 38.5 Å². The van der Waals surface area contributed by atoms with E-state index < -0.39 is 0 Å². The molecule has 2 fully saturated rings. The molecule has 1 aliphatic carbocycles. The summed E-state index contributed by atoms with van der Waals surface area (Å²) in [4.78, 5) is 16.6. The number of hydrogen-bond acceptors (Lipinski definition) is 3. The molecular formula is C18H27N3O. The molecule has 2 aliphatic rings. The Hall–Kier alpha value is -1.39. The van der Waals surface area contributed by atoms with E-state index in [1.807, 2.05) is 11.9 Å². The van der Waals surface area contributed by atoms with Crippen LogP contribution in [0.1, 0.15) is 24.8 Å². The lowest BCUT2D eigenvalue weighted by Gasteiger charge is -2.25. The number of likely N-dealkylation sites (N-methyl/N-ethyl adjacent to an activating group) is 1. The highest BCUT2D eigenvalue weighted by molar-refractivity contribution is 5.78. The topological polar surface area (TPSA) is 35.6 Å². The number of nitrogens with zero attached hydrogens (tertiary/aromatic N) is 2. The molecule has 1 aliphatic heterocycles. The van der Waals surface area contributed by atoms with E-state index >= 15 is 0 Å². The standard InChI is InChI=1S/C18H27N3O/c1-20(18(22)12-19-11-15-7-8-15)17-9-10-21(14-17)13-16-5-3-2-4-6-16/h2-6,15,17,19H,7-14H2,1H3. The van der Waals surface area contributed by atoms with Gasteiger partial charge < -0.3 is 10.2 Å². The molecular weight excluding hydrogens is 274 g/mol. The van der Waals surface area contributed by atoms with Crippen molar-refractivity contribution in [3.63, 3.8) is 0 Å². The molecule has 0 radical (unpaired) electrons. The Labute approximate surface area is 133 Å².